The molecule has 0 bridgehead atoms. The zero-order valence-electron chi connectivity index (χ0n) is 8.74. The topological polar surface area (TPSA) is 29.0 Å². The minimum absolute atomic E-state index is 0.723. The molecule has 0 saturated carbocycles. The highest BCUT2D eigenvalue weighted by Gasteiger charge is 2.15. The third-order valence-electron chi connectivity index (χ3n) is 2.34. The van der Waals surface area contributed by atoms with Crippen LogP contribution in [0, 0.1) is 0 Å². The predicted molar refractivity (Wildman–Crippen MR) is 64.3 cm³/mol. The van der Waals surface area contributed by atoms with E-state index in [4.69, 9.17) is 0 Å². The molecule has 0 saturated heterocycles. The van der Waals surface area contributed by atoms with E-state index in [2.05, 4.69) is 56.8 Å². The lowest BCUT2D eigenvalue weighted by molar-refractivity contribution is 0.934. The van der Waals surface area contributed by atoms with E-state index in [1.807, 2.05) is 0 Å². The lowest BCUT2D eigenvalue weighted by Crippen LogP contribution is -2.22. The molecule has 15 heavy (non-hydrogen) atoms. The van der Waals surface area contributed by atoms with Crippen molar-refractivity contribution in [3.05, 3.63) is 40.4 Å². The summed E-state index contributed by atoms with van der Waals surface area (Å²) in [5.41, 5.74) is 2.36. The van der Waals surface area contributed by atoms with Crippen molar-refractivity contribution in [2.24, 2.45) is 0 Å². The van der Waals surface area contributed by atoms with Crippen LogP contribution in [0.5, 0.6) is 0 Å². The van der Waals surface area contributed by atoms with Gasteiger partial charge in [-0.3, -0.25) is 4.90 Å². The monoisotopic (exact) mass is 265 g/mol. The number of aromatic nitrogens is 2. The third-order valence-corrected chi connectivity index (χ3v) is 2.75. The third kappa shape index (κ3) is 2.09. The van der Waals surface area contributed by atoms with Gasteiger partial charge in [-0.05, 0) is 36.2 Å². The summed E-state index contributed by atoms with van der Waals surface area (Å²) in [7, 11) is 0. The second-order valence-electron chi connectivity index (χ2n) is 3.46. The molecule has 0 unspecified atom stereocenters. The van der Waals surface area contributed by atoms with E-state index >= 15 is 0 Å². The lowest BCUT2D eigenvalue weighted by atomic mass is 10.2. The first-order valence-electron chi connectivity index (χ1n) is 4.79. The molecule has 0 fully saturated rings. The Balaban J connectivity index is 2.37. The van der Waals surface area contributed by atoms with Gasteiger partial charge in [-0.2, -0.15) is 0 Å². The molecule has 0 atom stereocenters. The molecule has 4 heteroatoms. The fourth-order valence-electron chi connectivity index (χ4n) is 1.60. The van der Waals surface area contributed by atoms with Crippen molar-refractivity contribution in [1.29, 1.82) is 0 Å². The van der Waals surface area contributed by atoms with Gasteiger partial charge in [0.15, 0.2) is 0 Å². The average Bonchev–Trinajstić information content (AvgIpc) is 2.20. The number of halogens is 1. The minimum Gasteiger partial charge on any atom is -0.288 e. The summed E-state index contributed by atoms with van der Waals surface area (Å²) < 4.78 is 0.895. The van der Waals surface area contributed by atoms with Crippen molar-refractivity contribution < 1.29 is 0 Å². The number of allylic oxidation sites excluding steroid dienone is 4. The van der Waals surface area contributed by atoms with E-state index in [0.29, 0.717) is 0 Å². The zero-order valence-corrected chi connectivity index (χ0v) is 10.3. The largest absolute Gasteiger partial charge is 0.288 e. The van der Waals surface area contributed by atoms with Crippen molar-refractivity contribution >= 4 is 21.9 Å². The number of hydrogen-bond acceptors (Lipinski definition) is 3. The first-order chi connectivity index (χ1) is 7.18. The average molecular weight is 266 g/mol. The van der Waals surface area contributed by atoms with E-state index in [0.717, 1.165) is 16.8 Å². The van der Waals surface area contributed by atoms with Crippen molar-refractivity contribution in [2.45, 2.75) is 20.3 Å². The Morgan fingerprint density at radius 1 is 1.13 bits per heavy atom. The molecule has 1 aliphatic rings. The molecule has 0 spiro atoms. The molecule has 1 aromatic heterocycles. The Morgan fingerprint density at radius 3 is 2.20 bits per heavy atom. The van der Waals surface area contributed by atoms with E-state index in [-0.39, 0.29) is 0 Å². The first kappa shape index (κ1) is 10.4. The summed E-state index contributed by atoms with van der Waals surface area (Å²) in [6.07, 6.45) is 8.84. The number of anilines is 1. The summed E-state index contributed by atoms with van der Waals surface area (Å²) in [6.45, 7) is 4.14. The summed E-state index contributed by atoms with van der Waals surface area (Å²) in [6, 6.07) is 0. The molecular weight excluding hydrogens is 254 g/mol. The molecule has 0 amide bonds. The van der Waals surface area contributed by atoms with Crippen LogP contribution in [0.3, 0.4) is 0 Å². The fourth-order valence-corrected chi connectivity index (χ4v) is 1.80. The van der Waals surface area contributed by atoms with Gasteiger partial charge in [-0.15, -0.1) is 0 Å². The van der Waals surface area contributed by atoms with Crippen LogP contribution in [-0.4, -0.2) is 9.97 Å². The van der Waals surface area contributed by atoms with E-state index in [1.54, 1.807) is 12.4 Å². The van der Waals surface area contributed by atoms with Gasteiger partial charge in [0.1, 0.15) is 0 Å². The Morgan fingerprint density at radius 2 is 1.67 bits per heavy atom. The number of nitrogens with zero attached hydrogens (tertiary/aromatic N) is 3. The summed E-state index contributed by atoms with van der Waals surface area (Å²) in [5, 5.41) is 0. The molecule has 78 valence electrons. The van der Waals surface area contributed by atoms with Gasteiger partial charge in [0, 0.05) is 23.8 Å². The maximum absolute atomic E-state index is 4.29. The summed E-state index contributed by atoms with van der Waals surface area (Å²) in [4.78, 5) is 10.6. The van der Waals surface area contributed by atoms with Crippen molar-refractivity contribution in [1.82, 2.24) is 9.97 Å². The second-order valence-corrected chi connectivity index (χ2v) is 4.38. The minimum atomic E-state index is 0.723. The van der Waals surface area contributed by atoms with E-state index in [9.17, 15) is 0 Å². The Kier molecular flexibility index (Phi) is 2.86. The van der Waals surface area contributed by atoms with Gasteiger partial charge < -0.3 is 0 Å². The SMILES string of the molecule is CC1=CCC=C(C)N1c1ncc(Br)cn1. The molecule has 0 aliphatic carbocycles. The van der Waals surface area contributed by atoms with E-state index < -0.39 is 0 Å². The van der Waals surface area contributed by atoms with Crippen molar-refractivity contribution in [3.8, 4) is 0 Å². The number of rotatable bonds is 1. The molecule has 2 rings (SSSR count). The first-order valence-corrected chi connectivity index (χ1v) is 5.59. The Labute approximate surface area is 97.7 Å². The van der Waals surface area contributed by atoms with Gasteiger partial charge in [-0.25, -0.2) is 9.97 Å². The Hall–Kier alpha value is -1.16. The predicted octanol–water partition coefficient (Wildman–Crippen LogP) is 3.26. The standard InChI is InChI=1S/C11H12BrN3/c1-8-4-3-5-9(2)15(8)11-13-6-10(12)7-14-11/h4-7H,3H2,1-2H3. The Bertz CT molecular complexity index is 402. The van der Waals surface area contributed by atoms with E-state index in [1.165, 1.54) is 11.4 Å². The lowest BCUT2D eigenvalue weighted by Gasteiger charge is -2.26. The van der Waals surface area contributed by atoms with Crippen LogP contribution in [0.25, 0.3) is 0 Å². The maximum atomic E-state index is 4.29. The fraction of sp³-hybridized carbons (Fsp3) is 0.273. The van der Waals surface area contributed by atoms with Gasteiger partial charge in [0.25, 0.3) is 0 Å². The molecular formula is C11H12BrN3. The van der Waals surface area contributed by atoms with Crippen molar-refractivity contribution in [2.75, 3.05) is 4.90 Å². The highest BCUT2D eigenvalue weighted by Crippen LogP contribution is 2.24. The van der Waals surface area contributed by atoms with Crippen LogP contribution in [0.15, 0.2) is 40.4 Å². The highest BCUT2D eigenvalue weighted by molar-refractivity contribution is 9.10. The molecule has 1 aromatic rings. The quantitative estimate of drug-likeness (QED) is 0.781. The van der Waals surface area contributed by atoms with Gasteiger partial charge in [0.05, 0.1) is 4.47 Å². The van der Waals surface area contributed by atoms with Crippen LogP contribution in [0.4, 0.5) is 5.95 Å². The normalized spacial score (nSPS) is 16.1. The van der Waals surface area contributed by atoms with Gasteiger partial charge in [0.2, 0.25) is 5.95 Å². The van der Waals surface area contributed by atoms with Crippen molar-refractivity contribution in [3.63, 3.8) is 0 Å². The second kappa shape index (κ2) is 4.14. The maximum Gasteiger partial charge on any atom is 0.234 e. The molecule has 0 aromatic carbocycles. The summed E-state index contributed by atoms with van der Waals surface area (Å²) >= 11 is 3.33. The van der Waals surface area contributed by atoms with Crippen LogP contribution in [0.2, 0.25) is 0 Å². The van der Waals surface area contributed by atoms with Gasteiger partial charge in [-0.1, -0.05) is 12.2 Å². The molecule has 1 aliphatic heterocycles. The van der Waals surface area contributed by atoms with Crippen LogP contribution in [-0.2, 0) is 0 Å². The molecule has 3 nitrogen and oxygen atoms in total. The highest BCUT2D eigenvalue weighted by atomic mass is 79.9. The van der Waals surface area contributed by atoms with Crippen LogP contribution < -0.4 is 4.90 Å². The molecule has 0 radical (unpaired) electrons. The summed E-state index contributed by atoms with van der Waals surface area (Å²) in [5.74, 6) is 0.723. The number of hydrogen-bond donors (Lipinski definition) is 0. The van der Waals surface area contributed by atoms with Gasteiger partial charge >= 0.3 is 0 Å². The van der Waals surface area contributed by atoms with Crippen LogP contribution in [0.1, 0.15) is 20.3 Å². The molecule has 0 N–H and O–H groups in total. The van der Waals surface area contributed by atoms with Crippen LogP contribution >= 0.6 is 15.9 Å². The zero-order chi connectivity index (χ0) is 10.8. The smallest absolute Gasteiger partial charge is 0.234 e. The molecule has 2 heterocycles.